The highest BCUT2D eigenvalue weighted by Gasteiger charge is 2.15. The molecule has 80 valence electrons. The predicted molar refractivity (Wildman–Crippen MR) is 59.9 cm³/mol. The van der Waals surface area contributed by atoms with Crippen molar-refractivity contribution in [2.75, 3.05) is 7.11 Å². The van der Waals surface area contributed by atoms with Crippen molar-refractivity contribution in [3.05, 3.63) is 48.3 Å². The average Bonchev–Trinajstić information content (AvgIpc) is 2.62. The monoisotopic (exact) mass is 205 g/mol. The van der Waals surface area contributed by atoms with Gasteiger partial charge in [0.1, 0.15) is 5.69 Å². The van der Waals surface area contributed by atoms with Gasteiger partial charge in [-0.3, -0.25) is 0 Å². The second-order valence-electron chi connectivity index (χ2n) is 3.14. The third kappa shape index (κ3) is 2.37. The Morgan fingerprint density at radius 2 is 2.13 bits per heavy atom. The van der Waals surface area contributed by atoms with Crippen LogP contribution in [0.5, 0.6) is 0 Å². The molecule has 0 saturated heterocycles. The fourth-order valence-electron chi connectivity index (χ4n) is 1.49. The number of hydrogen-bond donors (Lipinski definition) is 1. The number of rotatable bonds is 5. The lowest BCUT2D eigenvalue weighted by Crippen LogP contribution is -2.05. The van der Waals surface area contributed by atoms with Gasteiger partial charge in [-0.2, -0.15) is 0 Å². The lowest BCUT2D eigenvalue weighted by molar-refractivity contribution is 0.0593. The Balaban J connectivity index is 3.10. The van der Waals surface area contributed by atoms with E-state index in [-0.39, 0.29) is 5.97 Å². The summed E-state index contributed by atoms with van der Waals surface area (Å²) in [6.45, 7) is 7.35. The molecule has 1 rings (SSSR count). The first-order valence-electron chi connectivity index (χ1n) is 4.73. The van der Waals surface area contributed by atoms with Crippen molar-refractivity contribution in [3.63, 3.8) is 0 Å². The van der Waals surface area contributed by atoms with Crippen LogP contribution in [-0.4, -0.2) is 18.1 Å². The highest BCUT2D eigenvalue weighted by molar-refractivity contribution is 5.89. The minimum atomic E-state index is -0.345. The molecule has 0 bridgehead atoms. The van der Waals surface area contributed by atoms with Gasteiger partial charge in [-0.05, 0) is 24.0 Å². The number of ether oxygens (including phenoxy) is 1. The molecule has 0 aliphatic rings. The Morgan fingerprint density at radius 3 is 2.67 bits per heavy atom. The van der Waals surface area contributed by atoms with Crippen LogP contribution >= 0.6 is 0 Å². The molecule has 0 fully saturated rings. The van der Waals surface area contributed by atoms with E-state index in [1.54, 1.807) is 12.2 Å². The lowest BCUT2D eigenvalue weighted by atomic mass is 10.0. The van der Waals surface area contributed by atoms with E-state index in [1.807, 2.05) is 6.20 Å². The zero-order valence-electron chi connectivity index (χ0n) is 8.88. The molecule has 0 unspecified atom stereocenters. The lowest BCUT2D eigenvalue weighted by Gasteiger charge is -2.02. The van der Waals surface area contributed by atoms with Crippen LogP contribution in [0.4, 0.5) is 0 Å². The zero-order chi connectivity index (χ0) is 11.3. The molecule has 0 spiro atoms. The summed E-state index contributed by atoms with van der Waals surface area (Å²) in [5, 5.41) is 0. The molecule has 1 aromatic rings. The van der Waals surface area contributed by atoms with Gasteiger partial charge in [0.05, 0.1) is 7.11 Å². The molecule has 0 aromatic carbocycles. The first-order valence-corrected chi connectivity index (χ1v) is 4.73. The van der Waals surface area contributed by atoms with Gasteiger partial charge >= 0.3 is 5.97 Å². The number of H-pyrrole nitrogens is 1. The topological polar surface area (TPSA) is 42.1 Å². The molecule has 3 nitrogen and oxygen atoms in total. The maximum atomic E-state index is 11.4. The number of aromatic amines is 1. The third-order valence-corrected chi connectivity index (χ3v) is 2.18. The highest BCUT2D eigenvalue weighted by atomic mass is 16.5. The van der Waals surface area contributed by atoms with Gasteiger partial charge < -0.3 is 9.72 Å². The number of carbonyl (C=O) groups is 1. The van der Waals surface area contributed by atoms with Crippen LogP contribution < -0.4 is 0 Å². The molecule has 3 heteroatoms. The van der Waals surface area contributed by atoms with E-state index in [0.717, 1.165) is 17.5 Å². The molecule has 1 N–H and O–H groups in total. The number of carbonyl (C=O) groups excluding carboxylic acids is 1. The fourth-order valence-corrected chi connectivity index (χ4v) is 1.49. The third-order valence-electron chi connectivity index (χ3n) is 2.18. The first kappa shape index (κ1) is 11.3. The van der Waals surface area contributed by atoms with Crippen LogP contribution in [0, 0.1) is 0 Å². The molecule has 0 radical (unpaired) electrons. The van der Waals surface area contributed by atoms with Gasteiger partial charge in [-0.25, -0.2) is 4.79 Å². The SMILES string of the molecule is C=CCc1c[nH]c(C(=O)OC)c1CC=C. The minimum Gasteiger partial charge on any atom is -0.464 e. The number of allylic oxidation sites excluding steroid dienone is 2. The fraction of sp³-hybridized carbons (Fsp3) is 0.250. The smallest absolute Gasteiger partial charge is 0.354 e. The second-order valence-corrected chi connectivity index (χ2v) is 3.14. The van der Waals surface area contributed by atoms with Crippen LogP contribution in [0.2, 0.25) is 0 Å². The summed E-state index contributed by atoms with van der Waals surface area (Å²) in [5.41, 5.74) is 2.51. The van der Waals surface area contributed by atoms with Gasteiger partial charge in [-0.1, -0.05) is 12.2 Å². The normalized spacial score (nSPS) is 9.67. The summed E-state index contributed by atoms with van der Waals surface area (Å²) in [4.78, 5) is 14.3. The van der Waals surface area contributed by atoms with Gasteiger partial charge in [0.25, 0.3) is 0 Å². The number of methoxy groups -OCH3 is 1. The predicted octanol–water partition coefficient (Wildman–Crippen LogP) is 2.26. The van der Waals surface area contributed by atoms with Crippen molar-refractivity contribution in [1.29, 1.82) is 0 Å². The minimum absolute atomic E-state index is 0.345. The Labute approximate surface area is 89.5 Å². The van der Waals surface area contributed by atoms with E-state index in [1.165, 1.54) is 7.11 Å². The molecule has 0 amide bonds. The van der Waals surface area contributed by atoms with Crippen molar-refractivity contribution in [3.8, 4) is 0 Å². The largest absolute Gasteiger partial charge is 0.464 e. The van der Waals surface area contributed by atoms with E-state index in [0.29, 0.717) is 12.1 Å². The Bertz CT molecular complexity index is 377. The summed E-state index contributed by atoms with van der Waals surface area (Å²) in [6, 6.07) is 0. The first-order chi connectivity index (χ1) is 7.24. The van der Waals surface area contributed by atoms with Crippen molar-refractivity contribution >= 4 is 5.97 Å². The van der Waals surface area contributed by atoms with Gasteiger partial charge in [0.15, 0.2) is 0 Å². The summed E-state index contributed by atoms with van der Waals surface area (Å²) in [7, 11) is 1.37. The van der Waals surface area contributed by atoms with Gasteiger partial charge in [-0.15, -0.1) is 13.2 Å². The van der Waals surface area contributed by atoms with Gasteiger partial charge in [0, 0.05) is 6.20 Å². The van der Waals surface area contributed by atoms with Gasteiger partial charge in [0.2, 0.25) is 0 Å². The van der Waals surface area contributed by atoms with Crippen LogP contribution in [-0.2, 0) is 17.6 Å². The van der Waals surface area contributed by atoms with Crippen molar-refractivity contribution < 1.29 is 9.53 Å². The zero-order valence-corrected chi connectivity index (χ0v) is 8.88. The number of hydrogen-bond acceptors (Lipinski definition) is 2. The summed E-state index contributed by atoms with van der Waals surface area (Å²) >= 11 is 0. The van der Waals surface area contributed by atoms with Crippen molar-refractivity contribution in [1.82, 2.24) is 4.98 Å². The standard InChI is InChI=1S/C12H15NO2/c1-4-6-9-8-13-11(12(14)15-3)10(9)7-5-2/h4-5,8,13H,1-2,6-7H2,3H3. The van der Waals surface area contributed by atoms with Crippen LogP contribution in [0.25, 0.3) is 0 Å². The molecule has 0 atom stereocenters. The number of esters is 1. The molecule has 0 aliphatic carbocycles. The molecule has 1 aromatic heterocycles. The van der Waals surface area contributed by atoms with Crippen molar-refractivity contribution in [2.45, 2.75) is 12.8 Å². The van der Waals surface area contributed by atoms with Crippen molar-refractivity contribution in [2.24, 2.45) is 0 Å². The van der Waals surface area contributed by atoms with Crippen LogP contribution in [0.1, 0.15) is 21.6 Å². The molecular weight excluding hydrogens is 190 g/mol. The number of nitrogens with one attached hydrogen (secondary N) is 1. The van der Waals surface area contributed by atoms with E-state index in [4.69, 9.17) is 0 Å². The average molecular weight is 205 g/mol. The molecule has 0 saturated carbocycles. The molecular formula is C12H15NO2. The second kappa shape index (κ2) is 5.20. The molecule has 15 heavy (non-hydrogen) atoms. The summed E-state index contributed by atoms with van der Waals surface area (Å²) in [6.07, 6.45) is 6.76. The molecule has 0 aliphatic heterocycles. The maximum Gasteiger partial charge on any atom is 0.354 e. The van der Waals surface area contributed by atoms with E-state index < -0.39 is 0 Å². The maximum absolute atomic E-state index is 11.4. The highest BCUT2D eigenvalue weighted by Crippen LogP contribution is 2.17. The summed E-state index contributed by atoms with van der Waals surface area (Å²) in [5.74, 6) is -0.345. The Kier molecular flexibility index (Phi) is 3.92. The Hall–Kier alpha value is -1.77. The van der Waals surface area contributed by atoms with E-state index in [2.05, 4.69) is 22.9 Å². The quantitative estimate of drug-likeness (QED) is 0.591. The van der Waals surface area contributed by atoms with E-state index >= 15 is 0 Å². The molecule has 1 heterocycles. The number of aromatic nitrogens is 1. The van der Waals surface area contributed by atoms with Crippen LogP contribution in [0.3, 0.4) is 0 Å². The van der Waals surface area contributed by atoms with E-state index in [9.17, 15) is 4.79 Å². The van der Waals surface area contributed by atoms with Crippen LogP contribution in [0.15, 0.2) is 31.5 Å². The Morgan fingerprint density at radius 1 is 1.47 bits per heavy atom. The summed E-state index contributed by atoms with van der Waals surface area (Å²) < 4.78 is 4.68.